The number of carbonyl (C=O) groups is 1. The first-order valence-electron chi connectivity index (χ1n) is 10.2. The molecule has 1 amide bonds. The van der Waals surface area contributed by atoms with Crippen molar-refractivity contribution in [3.63, 3.8) is 0 Å². The van der Waals surface area contributed by atoms with Crippen molar-refractivity contribution in [1.29, 1.82) is 0 Å². The Bertz CT molecular complexity index is 1070. The molecule has 0 radical (unpaired) electrons. The van der Waals surface area contributed by atoms with Crippen LogP contribution in [0.4, 0.5) is 23.3 Å². The molecule has 0 atom stereocenters. The molecule has 156 valence electrons. The van der Waals surface area contributed by atoms with E-state index in [1.165, 1.54) is 0 Å². The molecule has 2 fully saturated rings. The molecule has 10 heteroatoms. The van der Waals surface area contributed by atoms with E-state index in [9.17, 15) is 4.79 Å². The molecule has 0 unspecified atom stereocenters. The average Bonchev–Trinajstić information content (AvgIpc) is 3.49. The van der Waals surface area contributed by atoms with Gasteiger partial charge in [-0.15, -0.1) is 0 Å². The molecule has 1 aliphatic carbocycles. The summed E-state index contributed by atoms with van der Waals surface area (Å²) in [6.07, 6.45) is 4.59. The van der Waals surface area contributed by atoms with Crippen molar-refractivity contribution in [3.8, 4) is 0 Å². The number of amides is 1. The highest BCUT2D eigenvalue weighted by atomic mass is 16.5. The van der Waals surface area contributed by atoms with Crippen LogP contribution < -0.4 is 20.9 Å². The lowest BCUT2D eigenvalue weighted by Crippen LogP contribution is -2.33. The number of nitrogens with one attached hydrogen (secondary N) is 3. The molecule has 3 aromatic rings. The summed E-state index contributed by atoms with van der Waals surface area (Å²) in [5.41, 5.74) is 0.942. The van der Waals surface area contributed by atoms with Crippen LogP contribution in [-0.2, 0) is 4.74 Å². The zero-order valence-corrected chi connectivity index (χ0v) is 16.8. The van der Waals surface area contributed by atoms with Crippen LogP contribution in [0.25, 0.3) is 5.65 Å². The van der Waals surface area contributed by atoms with Crippen molar-refractivity contribution in [2.45, 2.75) is 25.3 Å². The molecular formula is C20H24N8O2. The van der Waals surface area contributed by atoms with E-state index in [0.29, 0.717) is 35.4 Å². The molecule has 1 aliphatic heterocycles. The monoisotopic (exact) mass is 408 g/mol. The Labute approximate surface area is 173 Å². The Morgan fingerprint density at radius 1 is 1.23 bits per heavy atom. The highest BCUT2D eigenvalue weighted by Gasteiger charge is 2.26. The fraction of sp³-hybridized carbons (Fsp3) is 0.400. The van der Waals surface area contributed by atoms with Crippen molar-refractivity contribution in [2.24, 2.45) is 0 Å². The Morgan fingerprint density at radius 3 is 2.90 bits per heavy atom. The molecule has 0 bridgehead atoms. The van der Waals surface area contributed by atoms with Crippen LogP contribution in [0.1, 0.15) is 29.6 Å². The lowest BCUT2D eigenvalue weighted by atomic mass is 10.3. The van der Waals surface area contributed by atoms with Gasteiger partial charge in [-0.2, -0.15) is 9.61 Å². The first-order chi connectivity index (χ1) is 14.7. The molecule has 1 saturated carbocycles. The zero-order valence-electron chi connectivity index (χ0n) is 16.8. The largest absolute Gasteiger partial charge is 0.373 e. The van der Waals surface area contributed by atoms with Crippen molar-refractivity contribution in [2.75, 3.05) is 42.5 Å². The van der Waals surface area contributed by atoms with Crippen LogP contribution in [0.3, 0.4) is 0 Å². The number of rotatable bonds is 6. The van der Waals surface area contributed by atoms with Gasteiger partial charge in [-0.05, 0) is 31.4 Å². The van der Waals surface area contributed by atoms with Crippen molar-refractivity contribution in [1.82, 2.24) is 24.9 Å². The van der Waals surface area contributed by atoms with E-state index in [-0.39, 0.29) is 11.9 Å². The van der Waals surface area contributed by atoms with E-state index in [1.54, 1.807) is 17.8 Å². The molecule has 3 aromatic heterocycles. The Kier molecular flexibility index (Phi) is 4.83. The highest BCUT2D eigenvalue weighted by Crippen LogP contribution is 2.24. The number of nitrogens with zero attached hydrogens (tertiary/aromatic N) is 5. The van der Waals surface area contributed by atoms with Gasteiger partial charge in [-0.3, -0.25) is 4.79 Å². The van der Waals surface area contributed by atoms with Crippen molar-refractivity contribution in [3.05, 3.63) is 36.0 Å². The molecule has 10 nitrogen and oxygen atoms in total. The maximum Gasteiger partial charge on any atom is 0.256 e. The molecule has 0 spiro atoms. The van der Waals surface area contributed by atoms with Crippen molar-refractivity contribution >= 4 is 34.8 Å². The van der Waals surface area contributed by atoms with Gasteiger partial charge >= 0.3 is 0 Å². The minimum atomic E-state index is -0.149. The predicted molar refractivity (Wildman–Crippen MR) is 113 cm³/mol. The van der Waals surface area contributed by atoms with E-state index >= 15 is 0 Å². The second-order valence-electron chi connectivity index (χ2n) is 7.48. The van der Waals surface area contributed by atoms with Crippen LogP contribution in [0.2, 0.25) is 0 Å². The highest BCUT2D eigenvalue weighted by molar-refractivity contribution is 6.00. The number of hydrogen-bond acceptors (Lipinski definition) is 8. The number of hydrogen-bond donors (Lipinski definition) is 3. The van der Waals surface area contributed by atoms with Gasteiger partial charge in [0.15, 0.2) is 5.65 Å². The Balaban J connectivity index is 1.44. The summed E-state index contributed by atoms with van der Waals surface area (Å²) in [5, 5.41) is 13.7. The van der Waals surface area contributed by atoms with Gasteiger partial charge in [0.1, 0.15) is 35.6 Å². The molecular weight excluding hydrogens is 384 g/mol. The maximum absolute atomic E-state index is 12.6. The standard InChI is InChI=1S/C20H24N8O2/c1-21-18-10-16(24-15-4-2-5-17(25-15)27-8-3-9-30-12-27)26-19-14(11-22-28(18)19)20(29)23-13-6-7-13/h2,4-5,10-11,13,21H,3,6-9,12H2,1H3,(H,23,29)(H,24,25,26). The quantitative estimate of drug-likeness (QED) is 0.568. The minimum absolute atomic E-state index is 0.149. The van der Waals surface area contributed by atoms with Crippen LogP contribution >= 0.6 is 0 Å². The smallest absolute Gasteiger partial charge is 0.256 e. The molecule has 0 aromatic carbocycles. The average molecular weight is 408 g/mol. The van der Waals surface area contributed by atoms with Crippen LogP contribution in [0, 0.1) is 0 Å². The predicted octanol–water partition coefficient (Wildman–Crippen LogP) is 1.99. The SMILES string of the molecule is CNc1cc(Nc2cccc(N3CCCOC3)n2)nc2c(C(=O)NC3CC3)cnn12. The fourth-order valence-electron chi connectivity index (χ4n) is 3.43. The van der Waals surface area contributed by atoms with Gasteiger partial charge < -0.3 is 25.6 Å². The lowest BCUT2D eigenvalue weighted by Gasteiger charge is -2.27. The number of ether oxygens (including phenoxy) is 1. The molecule has 3 N–H and O–H groups in total. The Hall–Kier alpha value is -3.40. The van der Waals surface area contributed by atoms with Gasteiger partial charge in [-0.1, -0.05) is 6.07 Å². The van der Waals surface area contributed by atoms with Gasteiger partial charge in [0.2, 0.25) is 0 Å². The van der Waals surface area contributed by atoms with E-state index in [1.807, 2.05) is 24.3 Å². The summed E-state index contributed by atoms with van der Waals surface area (Å²) in [4.78, 5) is 24.0. The second kappa shape index (κ2) is 7.79. The van der Waals surface area contributed by atoms with Crippen molar-refractivity contribution < 1.29 is 9.53 Å². The van der Waals surface area contributed by atoms with E-state index in [0.717, 1.165) is 38.2 Å². The summed E-state index contributed by atoms with van der Waals surface area (Å²) in [6.45, 7) is 2.24. The zero-order chi connectivity index (χ0) is 20.5. The number of anilines is 4. The van der Waals surface area contributed by atoms with Crippen LogP contribution in [0.15, 0.2) is 30.5 Å². The second-order valence-corrected chi connectivity index (χ2v) is 7.48. The summed E-state index contributed by atoms with van der Waals surface area (Å²) < 4.78 is 7.16. The van der Waals surface area contributed by atoms with E-state index in [4.69, 9.17) is 9.72 Å². The van der Waals surface area contributed by atoms with E-state index < -0.39 is 0 Å². The molecule has 2 aliphatic rings. The minimum Gasteiger partial charge on any atom is -0.373 e. The lowest BCUT2D eigenvalue weighted by molar-refractivity contribution is 0.0952. The normalized spacial score (nSPS) is 16.5. The third-order valence-electron chi connectivity index (χ3n) is 5.16. The summed E-state index contributed by atoms with van der Waals surface area (Å²) in [7, 11) is 1.80. The summed E-state index contributed by atoms with van der Waals surface area (Å²) in [6, 6.07) is 7.90. The Morgan fingerprint density at radius 2 is 2.13 bits per heavy atom. The molecule has 4 heterocycles. The fourth-order valence-corrected chi connectivity index (χ4v) is 3.43. The third-order valence-corrected chi connectivity index (χ3v) is 5.16. The first kappa shape index (κ1) is 18.6. The van der Waals surface area contributed by atoms with Crippen LogP contribution in [0.5, 0.6) is 0 Å². The maximum atomic E-state index is 12.6. The molecule has 1 saturated heterocycles. The third kappa shape index (κ3) is 3.73. The first-order valence-corrected chi connectivity index (χ1v) is 10.2. The number of fused-ring (bicyclic) bond motifs is 1. The topological polar surface area (TPSA) is 109 Å². The number of aromatic nitrogens is 4. The molecule has 30 heavy (non-hydrogen) atoms. The molecule has 5 rings (SSSR count). The van der Waals surface area contributed by atoms with Crippen LogP contribution in [-0.4, -0.2) is 58.5 Å². The van der Waals surface area contributed by atoms with Gasteiger partial charge in [0.05, 0.1) is 12.8 Å². The summed E-state index contributed by atoms with van der Waals surface area (Å²) in [5.74, 6) is 2.66. The van der Waals surface area contributed by atoms with E-state index in [2.05, 4.69) is 30.9 Å². The van der Waals surface area contributed by atoms with Gasteiger partial charge in [0, 0.05) is 25.7 Å². The van der Waals surface area contributed by atoms with Gasteiger partial charge in [0.25, 0.3) is 5.91 Å². The van der Waals surface area contributed by atoms with Gasteiger partial charge in [-0.25, -0.2) is 9.97 Å². The number of carbonyl (C=O) groups excluding carboxylic acids is 1. The summed E-state index contributed by atoms with van der Waals surface area (Å²) >= 11 is 0. The number of pyridine rings is 1.